The molecule has 21 atom stereocenters. The summed E-state index contributed by atoms with van der Waals surface area (Å²) in [5.74, 6) is -2.52. The van der Waals surface area contributed by atoms with Gasteiger partial charge in [0.1, 0.15) is 24.5 Å². The first-order valence-corrected chi connectivity index (χ1v) is 29.7. The van der Waals surface area contributed by atoms with E-state index in [1.54, 1.807) is 12.5 Å². The zero-order chi connectivity index (χ0) is 55.7. The third kappa shape index (κ3) is 9.80. The van der Waals surface area contributed by atoms with Gasteiger partial charge < -0.3 is 77.0 Å². The summed E-state index contributed by atoms with van der Waals surface area (Å²) in [5, 5.41) is 102. The minimum absolute atomic E-state index is 0.0170. The smallest absolute Gasteiger partial charge is 0.310 e. The maximum absolute atomic E-state index is 15.1. The van der Waals surface area contributed by atoms with E-state index in [0.717, 1.165) is 44.5 Å². The number of aliphatic hydroxyl groups is 7. The van der Waals surface area contributed by atoms with Crippen LogP contribution in [-0.4, -0.2) is 158 Å². The first kappa shape index (κ1) is 59.0. The van der Waals surface area contributed by atoms with Crippen molar-refractivity contribution in [3.05, 3.63) is 29.9 Å². The number of aliphatic hydroxyl groups excluding tert-OH is 7. The van der Waals surface area contributed by atoms with Crippen molar-refractivity contribution in [3.8, 4) is 0 Å². The number of aromatic amines is 1. The zero-order valence-corrected chi connectivity index (χ0v) is 47.3. The lowest BCUT2D eigenvalue weighted by atomic mass is 9.31. The SMILES string of the molecule is CC(C)CCNCCNCC(CC(c1cnc[nH]1)C1NC(=O)C2(CCCC2)C1CC1C(O)C(OC2OCC(O)C(O)C2O)C(C)(CO)C2CCC3(C)C(CC=C4C5CC(C)(CO)CCC5(C(=O)O)CCC43C)C12C)C(N)O. The molecule has 14 N–H and O–H groups in total. The number of hydrogen-bond donors (Lipinski definition) is 13. The number of carboxylic acid groups (broad SMARTS) is 1. The maximum Gasteiger partial charge on any atom is 0.310 e. The number of hydrogen-bond acceptors (Lipinski definition) is 15. The molecular formula is C59H98N6O12. The molecular weight excluding hydrogens is 985 g/mol. The Balaban J connectivity index is 1.14. The van der Waals surface area contributed by atoms with Crippen molar-refractivity contribution in [1.29, 1.82) is 0 Å². The van der Waals surface area contributed by atoms with Gasteiger partial charge in [-0.25, -0.2) is 4.98 Å². The molecule has 0 radical (unpaired) electrons. The van der Waals surface area contributed by atoms with Gasteiger partial charge in [-0.3, -0.25) is 9.59 Å². The lowest BCUT2D eigenvalue weighted by molar-refractivity contribution is -0.340. The molecule has 7 fully saturated rings. The number of carboxylic acids is 1. The molecule has 2 aliphatic heterocycles. The highest BCUT2D eigenvalue weighted by atomic mass is 16.7. The average molecular weight is 1080 g/mol. The highest BCUT2D eigenvalue weighted by molar-refractivity contribution is 5.86. The fourth-order valence-electron chi connectivity index (χ4n) is 18.7. The maximum atomic E-state index is 15.1. The normalized spacial score (nSPS) is 44.6. The summed E-state index contributed by atoms with van der Waals surface area (Å²) in [6.07, 6.45) is 6.02. The predicted octanol–water partition coefficient (Wildman–Crippen LogP) is 3.92. The van der Waals surface area contributed by atoms with Crippen LogP contribution in [0.4, 0.5) is 0 Å². The van der Waals surface area contributed by atoms with E-state index in [2.05, 4.69) is 73.5 Å². The van der Waals surface area contributed by atoms with E-state index in [9.17, 15) is 45.6 Å². The van der Waals surface area contributed by atoms with E-state index < -0.39 is 105 Å². The third-order valence-corrected chi connectivity index (χ3v) is 23.6. The fourth-order valence-corrected chi connectivity index (χ4v) is 18.7. The number of nitrogens with zero attached hydrogens (tertiary/aromatic N) is 1. The number of fused-ring (bicyclic) bond motifs is 7. The second-order valence-electron chi connectivity index (χ2n) is 27.9. The molecule has 0 aromatic carbocycles. The average Bonchev–Trinajstić information content (AvgIpc) is 4.31. The molecule has 5 saturated carbocycles. The Morgan fingerprint density at radius 3 is 2.27 bits per heavy atom. The highest BCUT2D eigenvalue weighted by Crippen LogP contribution is 2.77. The topological polar surface area (TPSA) is 305 Å². The van der Waals surface area contributed by atoms with Crippen molar-refractivity contribution in [1.82, 2.24) is 25.9 Å². The predicted molar refractivity (Wildman–Crippen MR) is 288 cm³/mol. The summed E-state index contributed by atoms with van der Waals surface area (Å²) in [5.41, 5.74) is 3.59. The molecule has 21 unspecified atom stereocenters. The molecule has 8 aliphatic rings. The quantitative estimate of drug-likeness (QED) is 0.0381. The van der Waals surface area contributed by atoms with Gasteiger partial charge in [-0.2, -0.15) is 0 Å². The van der Waals surface area contributed by atoms with E-state index >= 15 is 4.79 Å². The van der Waals surface area contributed by atoms with Crippen LogP contribution in [0.25, 0.3) is 0 Å². The van der Waals surface area contributed by atoms with Gasteiger partial charge in [0.15, 0.2) is 6.29 Å². The Bertz CT molecular complexity index is 2250. The van der Waals surface area contributed by atoms with Crippen LogP contribution in [0.3, 0.4) is 0 Å². The van der Waals surface area contributed by atoms with Gasteiger partial charge in [0, 0.05) is 61.4 Å². The van der Waals surface area contributed by atoms with Crippen molar-refractivity contribution in [3.63, 3.8) is 0 Å². The number of carbonyl (C=O) groups excluding carboxylic acids is 1. The molecule has 1 aromatic heterocycles. The Labute approximate surface area is 456 Å². The monoisotopic (exact) mass is 1080 g/mol. The van der Waals surface area contributed by atoms with E-state index in [1.807, 2.05) is 6.92 Å². The summed E-state index contributed by atoms with van der Waals surface area (Å²) in [6, 6.07) is -0.472. The molecule has 436 valence electrons. The summed E-state index contributed by atoms with van der Waals surface area (Å²) in [4.78, 5) is 36.6. The minimum atomic E-state index is -1.65. The van der Waals surface area contributed by atoms with Crippen molar-refractivity contribution in [2.75, 3.05) is 46.0 Å². The second kappa shape index (κ2) is 22.3. The minimum Gasteiger partial charge on any atom is -0.481 e. The van der Waals surface area contributed by atoms with E-state index in [4.69, 9.17) is 15.2 Å². The van der Waals surface area contributed by atoms with Gasteiger partial charge in [-0.1, -0.05) is 73.0 Å². The molecule has 18 heteroatoms. The Hall–Kier alpha value is -2.59. The largest absolute Gasteiger partial charge is 0.481 e. The molecule has 0 bridgehead atoms. The first-order chi connectivity index (χ1) is 36.4. The Morgan fingerprint density at radius 1 is 0.909 bits per heavy atom. The molecule has 18 nitrogen and oxygen atoms in total. The van der Waals surface area contributed by atoms with E-state index in [1.165, 1.54) is 5.57 Å². The number of imidazole rings is 1. The van der Waals surface area contributed by atoms with Crippen LogP contribution in [0.2, 0.25) is 0 Å². The van der Waals surface area contributed by atoms with Crippen molar-refractivity contribution in [2.24, 2.45) is 85.1 Å². The van der Waals surface area contributed by atoms with Gasteiger partial charge in [-0.15, -0.1) is 0 Å². The number of allylic oxidation sites excluding steroid dienone is 2. The van der Waals surface area contributed by atoms with Gasteiger partial charge in [-0.05, 0) is 147 Å². The van der Waals surface area contributed by atoms with Crippen LogP contribution in [0.5, 0.6) is 0 Å². The van der Waals surface area contributed by atoms with Crippen LogP contribution < -0.4 is 21.7 Å². The van der Waals surface area contributed by atoms with Crippen LogP contribution in [0.1, 0.15) is 156 Å². The van der Waals surface area contributed by atoms with Crippen LogP contribution in [0, 0.1) is 79.3 Å². The number of H-pyrrole nitrogens is 1. The van der Waals surface area contributed by atoms with Crippen LogP contribution in [0.15, 0.2) is 24.2 Å². The van der Waals surface area contributed by atoms with Gasteiger partial charge >= 0.3 is 5.97 Å². The molecule has 77 heavy (non-hydrogen) atoms. The first-order valence-electron chi connectivity index (χ1n) is 29.7. The lowest BCUT2D eigenvalue weighted by Gasteiger charge is -2.73. The van der Waals surface area contributed by atoms with Crippen molar-refractivity contribution in [2.45, 2.75) is 200 Å². The van der Waals surface area contributed by atoms with Crippen LogP contribution in [-0.2, 0) is 19.1 Å². The highest BCUT2D eigenvalue weighted by Gasteiger charge is 2.74. The molecule has 1 spiro atoms. The Kier molecular flexibility index (Phi) is 17.1. The molecule has 2 saturated heterocycles. The lowest BCUT2D eigenvalue weighted by Crippen LogP contribution is -2.72. The second-order valence-corrected chi connectivity index (χ2v) is 27.9. The molecule has 1 aromatic rings. The summed E-state index contributed by atoms with van der Waals surface area (Å²) in [6.45, 7) is 17.6. The van der Waals surface area contributed by atoms with Gasteiger partial charge in [0.25, 0.3) is 0 Å². The number of rotatable bonds is 20. The standard InChI is InChI=1S/C59H98N6O12/c1-33(2)13-21-61-22-23-62-27-34(49(60)72)24-35(40-28-63-32-64-40)44-37(58(51(73)65-44)14-8-9-15-58)25-38-45(69)48(77-50-47(71)46(70)41(68)29-76-50)54(4,31-67)42-12-16-56(6)43(57(38,42)7)11-10-36-39-26-53(3,30-66)17-19-59(39,52(74)75)20-18-55(36,56)5/h10,28,32-35,37-39,41-50,61-62,66-72H,8-9,11-27,29-31,60H2,1-7H3,(H,63,64)(H,65,73)(H,74,75). The number of carbonyl (C=O) groups is 2. The van der Waals surface area contributed by atoms with Gasteiger partial charge in [0.2, 0.25) is 5.91 Å². The molecule has 1 amide bonds. The third-order valence-electron chi connectivity index (χ3n) is 23.6. The molecule has 9 rings (SSSR count). The fraction of sp³-hybridized carbons (Fsp3) is 0.881. The Morgan fingerprint density at radius 2 is 1.62 bits per heavy atom. The van der Waals surface area contributed by atoms with Crippen LogP contribution >= 0.6 is 0 Å². The summed E-state index contributed by atoms with van der Waals surface area (Å²) < 4.78 is 12.7. The van der Waals surface area contributed by atoms with E-state index in [0.29, 0.717) is 89.6 Å². The number of amides is 1. The summed E-state index contributed by atoms with van der Waals surface area (Å²) >= 11 is 0. The van der Waals surface area contributed by atoms with Crippen molar-refractivity contribution < 1.29 is 59.9 Å². The number of nitrogens with two attached hydrogens (primary N) is 1. The molecule has 6 aliphatic carbocycles. The van der Waals surface area contributed by atoms with Crippen molar-refractivity contribution >= 4 is 11.9 Å². The number of ether oxygens (including phenoxy) is 2. The zero-order valence-electron chi connectivity index (χ0n) is 47.3. The van der Waals surface area contributed by atoms with Gasteiger partial charge in [0.05, 0.1) is 42.6 Å². The van der Waals surface area contributed by atoms with E-state index in [-0.39, 0.29) is 55.3 Å². The number of nitrogens with one attached hydrogen (secondary N) is 4. The number of aromatic nitrogens is 2. The molecule has 3 heterocycles. The summed E-state index contributed by atoms with van der Waals surface area (Å²) in [7, 11) is 0. The number of aliphatic carboxylic acids is 1.